The van der Waals surface area contributed by atoms with Gasteiger partial charge in [-0.05, 0) is 20.2 Å². The molecule has 0 atom stereocenters. The first-order valence-corrected chi connectivity index (χ1v) is 3.55. The minimum atomic E-state index is 0. The van der Waals surface area contributed by atoms with Crippen LogP contribution < -0.4 is 12.4 Å². The normalized spacial score (nSPS) is 11.2. The van der Waals surface area contributed by atoms with Gasteiger partial charge in [0.15, 0.2) is 0 Å². The molecule has 76 valence electrons. The Morgan fingerprint density at radius 3 is 1.83 bits per heavy atom. The van der Waals surface area contributed by atoms with Gasteiger partial charge < -0.3 is 21.8 Å². The zero-order valence-corrected chi connectivity index (χ0v) is 10.1. The lowest BCUT2D eigenvalue weighted by Gasteiger charge is -2.17. The standard InChI is InChI=1S/C8H19N2.2ClH/c1-9(2)7-6-8-10(3,4)5;;/h6,8H,7H2,1-5H3;2*1H/q+1;;/p-1. The van der Waals surface area contributed by atoms with E-state index in [1.165, 1.54) is 0 Å². The zero-order chi connectivity index (χ0) is 8.20. The fourth-order valence-corrected chi connectivity index (χ4v) is 0.574. The smallest absolute Gasteiger partial charge is 0.0924 e. The molecule has 0 aromatic carbocycles. The average Bonchev–Trinajstić information content (AvgIpc) is 1.59. The lowest BCUT2D eigenvalue weighted by molar-refractivity contribution is -0.817. The molecule has 0 aliphatic rings. The van der Waals surface area contributed by atoms with E-state index >= 15 is 0 Å². The van der Waals surface area contributed by atoms with Crippen LogP contribution in [0.3, 0.4) is 0 Å². The van der Waals surface area contributed by atoms with Crippen LogP contribution in [0.1, 0.15) is 0 Å². The van der Waals surface area contributed by atoms with Crippen molar-refractivity contribution in [2.75, 3.05) is 41.8 Å². The summed E-state index contributed by atoms with van der Waals surface area (Å²) in [5.74, 6) is 0. The highest BCUT2D eigenvalue weighted by atomic mass is 35.5. The van der Waals surface area contributed by atoms with E-state index in [1.54, 1.807) is 0 Å². The Hall–Kier alpha value is 0.240. The van der Waals surface area contributed by atoms with Crippen molar-refractivity contribution in [3.8, 4) is 0 Å². The SMILES string of the molecule is CN(C)CC=C[N+](C)(C)C.Cl.[Cl-]. The molecule has 0 bridgehead atoms. The highest BCUT2D eigenvalue weighted by Crippen LogP contribution is 1.90. The summed E-state index contributed by atoms with van der Waals surface area (Å²) in [5.41, 5.74) is 0. The Labute approximate surface area is 88.6 Å². The molecule has 0 radical (unpaired) electrons. The Bertz CT molecular complexity index is 117. The van der Waals surface area contributed by atoms with Crippen LogP contribution in [0.4, 0.5) is 0 Å². The summed E-state index contributed by atoms with van der Waals surface area (Å²) >= 11 is 0. The van der Waals surface area contributed by atoms with E-state index in [1.807, 2.05) is 0 Å². The van der Waals surface area contributed by atoms with Gasteiger partial charge in [-0.3, -0.25) is 0 Å². The van der Waals surface area contributed by atoms with Gasteiger partial charge in [-0.2, -0.15) is 0 Å². The summed E-state index contributed by atoms with van der Waals surface area (Å²) < 4.78 is 0.897. The Morgan fingerprint density at radius 1 is 1.17 bits per heavy atom. The molecule has 0 saturated carbocycles. The number of nitrogens with zero attached hydrogens (tertiary/aromatic N) is 2. The summed E-state index contributed by atoms with van der Waals surface area (Å²) in [6, 6.07) is 0. The van der Waals surface area contributed by atoms with Crippen LogP contribution in [0.5, 0.6) is 0 Å². The van der Waals surface area contributed by atoms with E-state index in [4.69, 9.17) is 0 Å². The zero-order valence-electron chi connectivity index (χ0n) is 8.54. The van der Waals surface area contributed by atoms with Crippen molar-refractivity contribution in [3.63, 3.8) is 0 Å². The van der Waals surface area contributed by atoms with Crippen LogP contribution in [-0.2, 0) is 0 Å². The number of rotatable bonds is 3. The summed E-state index contributed by atoms with van der Waals surface area (Å²) in [6.07, 6.45) is 4.36. The molecule has 0 aliphatic heterocycles. The van der Waals surface area contributed by atoms with Gasteiger partial charge in [0.2, 0.25) is 0 Å². The Balaban J connectivity index is -0.000000405. The topological polar surface area (TPSA) is 3.24 Å². The minimum absolute atomic E-state index is 0. The molecule has 0 heterocycles. The van der Waals surface area contributed by atoms with E-state index in [0.717, 1.165) is 11.0 Å². The van der Waals surface area contributed by atoms with Crippen LogP contribution in [-0.4, -0.2) is 51.2 Å². The maximum atomic E-state index is 2.18. The molecule has 2 nitrogen and oxygen atoms in total. The van der Waals surface area contributed by atoms with Crippen LogP contribution in [0, 0.1) is 0 Å². The molecule has 0 spiro atoms. The molecule has 0 amide bonds. The fraction of sp³-hybridized carbons (Fsp3) is 0.750. The summed E-state index contributed by atoms with van der Waals surface area (Å²) in [5, 5.41) is 0. The second-order valence-electron chi connectivity index (χ2n) is 3.76. The van der Waals surface area contributed by atoms with Crippen LogP contribution in [0.15, 0.2) is 12.3 Å². The lowest BCUT2D eigenvalue weighted by atomic mass is 10.5. The van der Waals surface area contributed by atoms with Crippen molar-refractivity contribution in [2.45, 2.75) is 0 Å². The fourth-order valence-electron chi connectivity index (χ4n) is 0.574. The van der Waals surface area contributed by atoms with E-state index in [0.29, 0.717) is 0 Å². The molecular weight excluding hydrogens is 195 g/mol. The molecule has 12 heavy (non-hydrogen) atoms. The molecule has 0 saturated heterocycles. The van der Waals surface area contributed by atoms with Crippen molar-refractivity contribution in [1.29, 1.82) is 0 Å². The highest BCUT2D eigenvalue weighted by Gasteiger charge is 1.98. The van der Waals surface area contributed by atoms with Gasteiger partial charge >= 0.3 is 0 Å². The maximum absolute atomic E-state index is 2.18. The van der Waals surface area contributed by atoms with Crippen molar-refractivity contribution < 1.29 is 16.9 Å². The first-order chi connectivity index (χ1) is 4.42. The predicted molar refractivity (Wildman–Crippen MR) is 53.0 cm³/mol. The van der Waals surface area contributed by atoms with Crippen molar-refractivity contribution in [1.82, 2.24) is 4.90 Å². The monoisotopic (exact) mass is 214 g/mol. The molecule has 0 aromatic heterocycles. The second-order valence-corrected chi connectivity index (χ2v) is 3.76. The van der Waals surface area contributed by atoms with E-state index in [2.05, 4.69) is 52.4 Å². The van der Waals surface area contributed by atoms with Crippen LogP contribution in [0.25, 0.3) is 0 Å². The number of hydrogen-bond acceptors (Lipinski definition) is 1. The van der Waals surface area contributed by atoms with Gasteiger partial charge in [-0.1, -0.05) is 0 Å². The molecule has 4 heteroatoms. The van der Waals surface area contributed by atoms with Crippen molar-refractivity contribution in [2.24, 2.45) is 0 Å². The molecule has 0 fully saturated rings. The highest BCUT2D eigenvalue weighted by molar-refractivity contribution is 5.85. The third-order valence-corrected chi connectivity index (χ3v) is 1.02. The summed E-state index contributed by atoms with van der Waals surface area (Å²) in [4.78, 5) is 2.14. The molecule has 0 unspecified atom stereocenters. The van der Waals surface area contributed by atoms with Crippen LogP contribution in [0.2, 0.25) is 0 Å². The third-order valence-electron chi connectivity index (χ3n) is 1.02. The molecule has 0 aromatic rings. The molecule has 0 aliphatic carbocycles. The van der Waals surface area contributed by atoms with Crippen molar-refractivity contribution in [3.05, 3.63) is 12.3 Å². The van der Waals surface area contributed by atoms with Gasteiger partial charge in [0.25, 0.3) is 0 Å². The predicted octanol–water partition coefficient (Wildman–Crippen LogP) is -1.81. The number of quaternary nitrogens is 1. The quantitative estimate of drug-likeness (QED) is 0.502. The van der Waals surface area contributed by atoms with Gasteiger partial charge in [-0.25, -0.2) is 0 Å². The molecule has 0 rings (SSSR count). The van der Waals surface area contributed by atoms with Gasteiger partial charge in [-0.15, -0.1) is 12.4 Å². The van der Waals surface area contributed by atoms with Crippen LogP contribution >= 0.6 is 12.4 Å². The number of hydrogen-bond donors (Lipinski definition) is 0. The molecule has 0 N–H and O–H groups in total. The minimum Gasteiger partial charge on any atom is -1.00 e. The van der Waals surface area contributed by atoms with Crippen molar-refractivity contribution >= 4 is 12.4 Å². The number of halogens is 2. The second kappa shape index (κ2) is 7.87. The summed E-state index contributed by atoms with van der Waals surface area (Å²) in [7, 11) is 10.6. The first kappa shape index (κ1) is 18.1. The van der Waals surface area contributed by atoms with Gasteiger partial charge in [0.05, 0.1) is 27.3 Å². The van der Waals surface area contributed by atoms with Gasteiger partial charge in [0, 0.05) is 6.54 Å². The maximum Gasteiger partial charge on any atom is 0.0924 e. The van der Waals surface area contributed by atoms with E-state index in [9.17, 15) is 0 Å². The average molecular weight is 215 g/mol. The van der Waals surface area contributed by atoms with Gasteiger partial charge in [0.1, 0.15) is 0 Å². The lowest BCUT2D eigenvalue weighted by Crippen LogP contribution is -3.00. The van der Waals surface area contributed by atoms with E-state index in [-0.39, 0.29) is 24.8 Å². The first-order valence-electron chi connectivity index (χ1n) is 3.55. The Kier molecular flexibility index (Phi) is 11.9. The third kappa shape index (κ3) is 16.7. The number of likely N-dealkylation sites (N-methyl/N-ethyl adjacent to an activating group) is 1. The van der Waals surface area contributed by atoms with E-state index < -0.39 is 0 Å². The largest absolute Gasteiger partial charge is 1.00 e. The summed E-state index contributed by atoms with van der Waals surface area (Å²) in [6.45, 7) is 1.02. The Morgan fingerprint density at radius 2 is 1.58 bits per heavy atom. The molecular formula is C8H20Cl2N2.